The number of thioether (sulfide) groups is 1. The molecule has 0 atom stereocenters. The van der Waals surface area contributed by atoms with Gasteiger partial charge in [0, 0.05) is 16.3 Å². The third kappa shape index (κ3) is 5.84. The van der Waals surface area contributed by atoms with Crippen molar-refractivity contribution in [1.82, 2.24) is 5.32 Å². The van der Waals surface area contributed by atoms with Crippen LogP contribution in [-0.2, 0) is 9.59 Å². The van der Waals surface area contributed by atoms with Crippen LogP contribution in [-0.4, -0.2) is 28.3 Å². The maximum Gasteiger partial charge on any atom is 0.328 e. The molecule has 1 aromatic carbocycles. The first-order chi connectivity index (χ1) is 9.31. The second-order valence-electron chi connectivity index (χ2n) is 4.88. The van der Waals surface area contributed by atoms with Crippen LogP contribution in [0, 0.1) is 0 Å². The SMILES string of the molecule is CC(C)(NC(=O)CCCSc1ccc(Cl)cc1)C(=O)O. The molecule has 1 aromatic rings. The molecule has 20 heavy (non-hydrogen) atoms. The number of rotatable bonds is 7. The highest BCUT2D eigenvalue weighted by Gasteiger charge is 2.28. The molecule has 110 valence electrons. The summed E-state index contributed by atoms with van der Waals surface area (Å²) >= 11 is 7.43. The molecule has 0 aromatic heterocycles. The number of halogens is 1. The van der Waals surface area contributed by atoms with Crippen molar-refractivity contribution in [3.8, 4) is 0 Å². The highest BCUT2D eigenvalue weighted by Crippen LogP contribution is 2.21. The molecule has 1 rings (SSSR count). The summed E-state index contributed by atoms with van der Waals surface area (Å²) < 4.78 is 0. The molecule has 0 saturated heterocycles. The molecular formula is C14H18ClNO3S. The van der Waals surface area contributed by atoms with E-state index in [4.69, 9.17) is 16.7 Å². The van der Waals surface area contributed by atoms with Crippen molar-refractivity contribution in [1.29, 1.82) is 0 Å². The molecule has 0 spiro atoms. The average Bonchev–Trinajstić information content (AvgIpc) is 2.36. The van der Waals surface area contributed by atoms with E-state index >= 15 is 0 Å². The second-order valence-corrected chi connectivity index (χ2v) is 6.49. The van der Waals surface area contributed by atoms with E-state index in [1.165, 1.54) is 13.8 Å². The molecular weight excluding hydrogens is 298 g/mol. The monoisotopic (exact) mass is 315 g/mol. The summed E-state index contributed by atoms with van der Waals surface area (Å²) in [5.74, 6) is -0.488. The lowest BCUT2D eigenvalue weighted by molar-refractivity contribution is -0.146. The fraction of sp³-hybridized carbons (Fsp3) is 0.429. The predicted molar refractivity (Wildman–Crippen MR) is 81.3 cm³/mol. The van der Waals surface area contributed by atoms with E-state index in [9.17, 15) is 9.59 Å². The van der Waals surface area contributed by atoms with Crippen molar-refractivity contribution in [2.75, 3.05) is 5.75 Å². The highest BCUT2D eigenvalue weighted by molar-refractivity contribution is 7.99. The molecule has 6 heteroatoms. The van der Waals surface area contributed by atoms with E-state index in [1.54, 1.807) is 11.8 Å². The molecule has 0 radical (unpaired) electrons. The van der Waals surface area contributed by atoms with Crippen LogP contribution in [0.1, 0.15) is 26.7 Å². The fourth-order valence-electron chi connectivity index (χ4n) is 1.42. The van der Waals surface area contributed by atoms with Gasteiger partial charge in [-0.2, -0.15) is 0 Å². The molecule has 0 heterocycles. The van der Waals surface area contributed by atoms with Gasteiger partial charge >= 0.3 is 5.97 Å². The first kappa shape index (κ1) is 16.9. The van der Waals surface area contributed by atoms with E-state index in [-0.39, 0.29) is 5.91 Å². The van der Waals surface area contributed by atoms with Gasteiger partial charge in [0.05, 0.1) is 0 Å². The normalized spacial score (nSPS) is 11.2. The van der Waals surface area contributed by atoms with Crippen LogP contribution < -0.4 is 5.32 Å². The fourth-order valence-corrected chi connectivity index (χ4v) is 2.40. The molecule has 0 aliphatic carbocycles. The summed E-state index contributed by atoms with van der Waals surface area (Å²) in [6.45, 7) is 2.94. The molecule has 4 nitrogen and oxygen atoms in total. The van der Waals surface area contributed by atoms with Gasteiger partial charge in [-0.05, 0) is 50.3 Å². The number of amides is 1. The summed E-state index contributed by atoms with van der Waals surface area (Å²) in [6.07, 6.45) is 1.01. The highest BCUT2D eigenvalue weighted by atomic mass is 35.5. The number of benzene rings is 1. The topological polar surface area (TPSA) is 66.4 Å². The Labute approximate surface area is 127 Å². The third-order valence-corrected chi connectivity index (χ3v) is 3.97. The van der Waals surface area contributed by atoms with Gasteiger partial charge < -0.3 is 10.4 Å². The molecule has 0 aliphatic heterocycles. The molecule has 0 bridgehead atoms. The van der Waals surface area contributed by atoms with Gasteiger partial charge in [0.25, 0.3) is 0 Å². The number of carboxylic acids is 1. The van der Waals surface area contributed by atoms with Crippen molar-refractivity contribution >= 4 is 35.2 Å². The Kier molecular flexibility index (Phi) is 6.36. The maximum absolute atomic E-state index is 11.6. The van der Waals surface area contributed by atoms with Crippen LogP contribution in [0.2, 0.25) is 5.02 Å². The van der Waals surface area contributed by atoms with E-state index in [2.05, 4.69) is 5.32 Å². The molecule has 0 fully saturated rings. The number of nitrogens with one attached hydrogen (secondary N) is 1. The summed E-state index contributed by atoms with van der Waals surface area (Å²) in [5.41, 5.74) is -1.22. The minimum Gasteiger partial charge on any atom is -0.480 e. The Bertz CT molecular complexity index is 474. The Morgan fingerprint density at radius 2 is 1.90 bits per heavy atom. The van der Waals surface area contributed by atoms with Crippen LogP contribution in [0.5, 0.6) is 0 Å². The van der Waals surface area contributed by atoms with Gasteiger partial charge in [0.2, 0.25) is 5.91 Å². The maximum atomic E-state index is 11.6. The largest absolute Gasteiger partial charge is 0.480 e. The van der Waals surface area contributed by atoms with Gasteiger partial charge in [-0.15, -0.1) is 11.8 Å². The van der Waals surface area contributed by atoms with Gasteiger partial charge in [-0.25, -0.2) is 4.79 Å². The summed E-state index contributed by atoms with van der Waals surface area (Å²) in [7, 11) is 0. The van der Waals surface area contributed by atoms with Crippen LogP contribution in [0.3, 0.4) is 0 Å². The number of carbonyl (C=O) groups is 2. The number of aliphatic carboxylic acids is 1. The molecule has 0 unspecified atom stereocenters. The van der Waals surface area contributed by atoms with Gasteiger partial charge in [0.15, 0.2) is 0 Å². The lowest BCUT2D eigenvalue weighted by Crippen LogP contribution is -2.49. The Morgan fingerprint density at radius 3 is 2.45 bits per heavy atom. The molecule has 0 aliphatic rings. The Hall–Kier alpha value is -1.20. The first-order valence-electron chi connectivity index (χ1n) is 6.24. The zero-order chi connectivity index (χ0) is 15.2. The average molecular weight is 316 g/mol. The van der Waals surface area contributed by atoms with E-state index in [0.29, 0.717) is 17.9 Å². The van der Waals surface area contributed by atoms with E-state index < -0.39 is 11.5 Å². The van der Waals surface area contributed by atoms with E-state index in [1.807, 2.05) is 24.3 Å². The van der Waals surface area contributed by atoms with E-state index in [0.717, 1.165) is 10.6 Å². The van der Waals surface area contributed by atoms with Crippen molar-refractivity contribution in [3.63, 3.8) is 0 Å². The second kappa shape index (κ2) is 7.55. The summed E-state index contributed by atoms with van der Waals surface area (Å²) in [5, 5.41) is 12.1. The van der Waals surface area contributed by atoms with Crippen LogP contribution >= 0.6 is 23.4 Å². The lowest BCUT2D eigenvalue weighted by atomic mass is 10.1. The van der Waals surface area contributed by atoms with Gasteiger partial charge in [-0.3, -0.25) is 4.79 Å². The van der Waals surface area contributed by atoms with Crippen LogP contribution in [0.15, 0.2) is 29.2 Å². The summed E-state index contributed by atoms with van der Waals surface area (Å²) in [4.78, 5) is 23.6. The van der Waals surface area contributed by atoms with Crippen LogP contribution in [0.25, 0.3) is 0 Å². The smallest absolute Gasteiger partial charge is 0.328 e. The van der Waals surface area contributed by atoms with Gasteiger partial charge in [0.1, 0.15) is 5.54 Å². The zero-order valence-electron chi connectivity index (χ0n) is 11.5. The summed E-state index contributed by atoms with van der Waals surface area (Å²) in [6, 6.07) is 7.51. The lowest BCUT2D eigenvalue weighted by Gasteiger charge is -2.20. The quantitative estimate of drug-likeness (QED) is 0.599. The number of hydrogen-bond acceptors (Lipinski definition) is 3. The Balaban J connectivity index is 2.26. The number of carboxylic acid groups (broad SMARTS) is 1. The van der Waals surface area contributed by atoms with Crippen LogP contribution in [0.4, 0.5) is 0 Å². The molecule has 0 saturated carbocycles. The van der Waals surface area contributed by atoms with Gasteiger partial charge in [-0.1, -0.05) is 11.6 Å². The zero-order valence-corrected chi connectivity index (χ0v) is 13.1. The number of carbonyl (C=O) groups excluding carboxylic acids is 1. The number of hydrogen-bond donors (Lipinski definition) is 2. The van der Waals surface area contributed by atoms with Crippen molar-refractivity contribution in [3.05, 3.63) is 29.3 Å². The minimum atomic E-state index is -1.22. The van der Waals surface area contributed by atoms with Crippen molar-refractivity contribution in [2.45, 2.75) is 37.1 Å². The first-order valence-corrected chi connectivity index (χ1v) is 7.60. The minimum absolute atomic E-state index is 0.242. The molecule has 2 N–H and O–H groups in total. The Morgan fingerprint density at radius 1 is 1.30 bits per heavy atom. The van der Waals surface area contributed by atoms with Crippen molar-refractivity contribution in [2.24, 2.45) is 0 Å². The third-order valence-electron chi connectivity index (χ3n) is 2.62. The molecule has 1 amide bonds. The standard InChI is InChI=1S/C14H18ClNO3S/c1-14(2,13(18)19)16-12(17)4-3-9-20-11-7-5-10(15)6-8-11/h5-8H,3-4,9H2,1-2H3,(H,16,17)(H,18,19). The van der Waals surface area contributed by atoms with Crippen molar-refractivity contribution < 1.29 is 14.7 Å². The predicted octanol–water partition coefficient (Wildman–Crippen LogP) is 3.19.